The molecule has 0 bridgehead atoms. The topological polar surface area (TPSA) is 68.8 Å². The fourth-order valence-electron chi connectivity index (χ4n) is 3.40. The SMILES string of the molecule is CCCc1ccc2c(N(CC(F)F)c3cc(C)cc(F)c3)nc(=N)n(C=N)c2c1. The lowest BCUT2D eigenvalue weighted by atomic mass is 10.1. The molecule has 0 fully saturated rings. The molecule has 0 saturated heterocycles. The van der Waals surface area contributed by atoms with E-state index in [0.29, 0.717) is 16.5 Å². The first-order chi connectivity index (χ1) is 13.8. The molecule has 152 valence electrons. The molecule has 1 aromatic heterocycles. The van der Waals surface area contributed by atoms with Crippen LogP contribution in [0.3, 0.4) is 0 Å². The number of hydrogen-bond donors (Lipinski definition) is 2. The summed E-state index contributed by atoms with van der Waals surface area (Å²) in [5.41, 5.74) is 2.10. The van der Waals surface area contributed by atoms with Crippen LogP contribution in [-0.4, -0.2) is 28.9 Å². The summed E-state index contributed by atoms with van der Waals surface area (Å²) in [4.78, 5) is 5.42. The van der Waals surface area contributed by atoms with E-state index in [1.165, 1.54) is 21.6 Å². The van der Waals surface area contributed by atoms with Crippen molar-refractivity contribution < 1.29 is 13.2 Å². The first-order valence-corrected chi connectivity index (χ1v) is 9.27. The number of anilines is 2. The van der Waals surface area contributed by atoms with Gasteiger partial charge in [-0.1, -0.05) is 19.4 Å². The van der Waals surface area contributed by atoms with E-state index < -0.39 is 18.8 Å². The van der Waals surface area contributed by atoms with Gasteiger partial charge in [0.15, 0.2) is 0 Å². The predicted octanol–water partition coefficient (Wildman–Crippen LogP) is 4.77. The van der Waals surface area contributed by atoms with Gasteiger partial charge in [0, 0.05) is 11.1 Å². The number of halogens is 3. The molecule has 0 spiro atoms. The zero-order valence-corrected chi connectivity index (χ0v) is 16.2. The maximum atomic E-state index is 14.0. The number of nitrogens with zero attached hydrogens (tertiary/aromatic N) is 3. The van der Waals surface area contributed by atoms with Crippen LogP contribution in [0.2, 0.25) is 0 Å². The van der Waals surface area contributed by atoms with Crippen molar-refractivity contribution in [1.82, 2.24) is 9.55 Å². The molecule has 0 saturated carbocycles. The predicted molar refractivity (Wildman–Crippen MR) is 108 cm³/mol. The fourth-order valence-corrected chi connectivity index (χ4v) is 3.40. The van der Waals surface area contributed by atoms with Crippen molar-refractivity contribution in [3.05, 3.63) is 59.0 Å². The molecule has 29 heavy (non-hydrogen) atoms. The molecule has 0 amide bonds. The summed E-state index contributed by atoms with van der Waals surface area (Å²) in [5, 5.41) is 16.4. The third-order valence-corrected chi connectivity index (χ3v) is 4.59. The van der Waals surface area contributed by atoms with Gasteiger partial charge in [-0.25, -0.2) is 13.2 Å². The van der Waals surface area contributed by atoms with Gasteiger partial charge in [0.2, 0.25) is 5.62 Å². The van der Waals surface area contributed by atoms with Crippen molar-refractivity contribution in [2.75, 3.05) is 11.4 Å². The summed E-state index contributed by atoms with van der Waals surface area (Å²) in [6, 6.07) is 9.57. The first-order valence-electron chi connectivity index (χ1n) is 9.27. The summed E-state index contributed by atoms with van der Waals surface area (Å²) >= 11 is 0. The highest BCUT2D eigenvalue weighted by Crippen LogP contribution is 2.31. The van der Waals surface area contributed by atoms with Gasteiger partial charge in [-0.3, -0.25) is 15.4 Å². The highest BCUT2D eigenvalue weighted by atomic mass is 19.3. The van der Waals surface area contributed by atoms with Gasteiger partial charge in [0.25, 0.3) is 6.43 Å². The van der Waals surface area contributed by atoms with Crippen LogP contribution in [0.25, 0.3) is 10.9 Å². The molecule has 2 aromatic carbocycles. The summed E-state index contributed by atoms with van der Waals surface area (Å²) in [6.45, 7) is 3.02. The van der Waals surface area contributed by atoms with Crippen molar-refractivity contribution in [3.8, 4) is 0 Å². The van der Waals surface area contributed by atoms with E-state index in [4.69, 9.17) is 10.8 Å². The van der Waals surface area contributed by atoms with Crippen LogP contribution >= 0.6 is 0 Å². The maximum Gasteiger partial charge on any atom is 0.256 e. The van der Waals surface area contributed by atoms with Gasteiger partial charge in [0.05, 0.1) is 18.4 Å². The molecule has 0 aliphatic carbocycles. The summed E-state index contributed by atoms with van der Waals surface area (Å²) in [7, 11) is 0. The molecule has 2 N–H and O–H groups in total. The number of aryl methyl sites for hydroxylation is 2. The Morgan fingerprint density at radius 1 is 1.21 bits per heavy atom. The molecule has 3 rings (SSSR count). The number of rotatable bonds is 7. The molecule has 8 heteroatoms. The number of alkyl halides is 2. The number of benzene rings is 2. The summed E-state index contributed by atoms with van der Waals surface area (Å²) in [6.07, 6.45) is 0.00464. The van der Waals surface area contributed by atoms with E-state index in [0.717, 1.165) is 24.7 Å². The van der Waals surface area contributed by atoms with Crippen molar-refractivity contribution in [2.45, 2.75) is 33.1 Å². The van der Waals surface area contributed by atoms with Gasteiger partial charge in [-0.2, -0.15) is 4.98 Å². The van der Waals surface area contributed by atoms with E-state index in [9.17, 15) is 13.2 Å². The van der Waals surface area contributed by atoms with Crippen LogP contribution in [-0.2, 0) is 6.42 Å². The fraction of sp³-hybridized carbons (Fsp3) is 0.286. The highest BCUT2D eigenvalue weighted by molar-refractivity contribution is 5.94. The maximum absolute atomic E-state index is 14.0. The molecule has 0 aliphatic heterocycles. The van der Waals surface area contributed by atoms with E-state index in [1.54, 1.807) is 19.1 Å². The highest BCUT2D eigenvalue weighted by Gasteiger charge is 2.21. The Balaban J connectivity index is 2.31. The normalized spacial score (nSPS) is 11.2. The van der Waals surface area contributed by atoms with Gasteiger partial charge in [-0.15, -0.1) is 0 Å². The lowest BCUT2D eigenvalue weighted by molar-refractivity contribution is 0.157. The molecule has 5 nitrogen and oxygen atoms in total. The second-order valence-electron chi connectivity index (χ2n) is 6.85. The van der Waals surface area contributed by atoms with Crippen LogP contribution in [0.15, 0.2) is 36.4 Å². The number of hydrogen-bond acceptors (Lipinski definition) is 4. The Kier molecular flexibility index (Phi) is 6.00. The molecular formula is C21H22F3N5. The second-order valence-corrected chi connectivity index (χ2v) is 6.85. The Morgan fingerprint density at radius 2 is 1.97 bits per heavy atom. The Hall–Kier alpha value is -3.16. The Morgan fingerprint density at radius 3 is 2.59 bits per heavy atom. The minimum absolute atomic E-state index is 0.136. The minimum Gasteiger partial charge on any atom is -0.320 e. The number of aromatic nitrogens is 2. The quantitative estimate of drug-likeness (QED) is 0.442. The zero-order valence-electron chi connectivity index (χ0n) is 16.2. The average molecular weight is 401 g/mol. The van der Waals surface area contributed by atoms with Crippen LogP contribution in [0.5, 0.6) is 0 Å². The lowest BCUT2D eigenvalue weighted by Crippen LogP contribution is -2.30. The first kappa shape index (κ1) is 20.6. The summed E-state index contributed by atoms with van der Waals surface area (Å²) in [5.74, 6) is -0.401. The van der Waals surface area contributed by atoms with Crippen LogP contribution in [0.4, 0.5) is 24.7 Å². The van der Waals surface area contributed by atoms with Crippen molar-refractivity contribution >= 4 is 28.7 Å². The molecule has 0 atom stereocenters. The van der Waals surface area contributed by atoms with Gasteiger partial charge in [0.1, 0.15) is 11.6 Å². The molecule has 0 unspecified atom stereocenters. The van der Waals surface area contributed by atoms with Crippen LogP contribution < -0.4 is 10.5 Å². The average Bonchev–Trinajstić information content (AvgIpc) is 2.65. The second kappa shape index (κ2) is 8.46. The third-order valence-electron chi connectivity index (χ3n) is 4.59. The van der Waals surface area contributed by atoms with E-state index in [-0.39, 0.29) is 17.1 Å². The van der Waals surface area contributed by atoms with Crippen LogP contribution in [0.1, 0.15) is 24.5 Å². The molecule has 0 aliphatic rings. The molecular weight excluding hydrogens is 379 g/mol. The van der Waals surface area contributed by atoms with Crippen molar-refractivity contribution in [3.63, 3.8) is 0 Å². The van der Waals surface area contributed by atoms with Crippen molar-refractivity contribution in [2.24, 2.45) is 0 Å². The van der Waals surface area contributed by atoms with Gasteiger partial charge in [-0.05, 0) is 54.8 Å². The standard InChI is InChI=1S/C21H22F3N5/c1-3-4-14-5-6-17-18(9-14)29(12-25)21(26)27-20(17)28(11-19(23)24)16-8-13(2)7-15(22)10-16/h5-10,12,19,25-26H,3-4,11H2,1-2H3. The van der Waals surface area contributed by atoms with E-state index >= 15 is 0 Å². The van der Waals surface area contributed by atoms with Gasteiger partial charge >= 0.3 is 0 Å². The van der Waals surface area contributed by atoms with Crippen molar-refractivity contribution in [1.29, 1.82) is 10.8 Å². The number of nitrogens with one attached hydrogen (secondary N) is 2. The Labute approximate surface area is 166 Å². The zero-order chi connectivity index (χ0) is 21.1. The van der Waals surface area contributed by atoms with E-state index in [2.05, 4.69) is 4.98 Å². The minimum atomic E-state index is -2.70. The lowest BCUT2D eigenvalue weighted by Gasteiger charge is -2.26. The van der Waals surface area contributed by atoms with Gasteiger partial charge < -0.3 is 4.90 Å². The van der Waals surface area contributed by atoms with E-state index in [1.807, 2.05) is 19.1 Å². The molecule has 0 radical (unpaired) electrons. The molecule has 1 heterocycles. The Bertz CT molecular complexity index is 1090. The summed E-state index contributed by atoms with van der Waals surface area (Å²) < 4.78 is 42.1. The monoisotopic (exact) mass is 401 g/mol. The number of fused-ring (bicyclic) bond motifs is 1. The largest absolute Gasteiger partial charge is 0.320 e. The van der Waals surface area contributed by atoms with Crippen LogP contribution in [0, 0.1) is 23.6 Å². The third kappa shape index (κ3) is 4.31. The molecule has 3 aromatic rings. The smallest absolute Gasteiger partial charge is 0.256 e.